The number of nitrogens with zero attached hydrogens (tertiary/aromatic N) is 1. The van der Waals surface area contributed by atoms with Gasteiger partial charge in [0.25, 0.3) is 5.91 Å². The highest BCUT2D eigenvalue weighted by atomic mass is 32.2. The van der Waals surface area contributed by atoms with E-state index in [4.69, 9.17) is 4.74 Å². The van der Waals surface area contributed by atoms with E-state index in [1.165, 1.54) is 32.4 Å². The Labute approximate surface area is 159 Å². The summed E-state index contributed by atoms with van der Waals surface area (Å²) in [5.41, 5.74) is 1.06. The van der Waals surface area contributed by atoms with Gasteiger partial charge in [0.2, 0.25) is 10.0 Å². The van der Waals surface area contributed by atoms with E-state index in [1.807, 2.05) is 0 Å². The summed E-state index contributed by atoms with van der Waals surface area (Å²) in [5.74, 6) is -0.891. The number of anilines is 1. The largest absolute Gasteiger partial charge is 0.495 e. The van der Waals surface area contributed by atoms with Crippen LogP contribution in [0.15, 0.2) is 56.7 Å². The lowest BCUT2D eigenvalue weighted by molar-refractivity contribution is 0.102. The summed E-state index contributed by atoms with van der Waals surface area (Å²) in [6.45, 7) is 0. The van der Waals surface area contributed by atoms with E-state index in [9.17, 15) is 18.0 Å². The third kappa shape index (κ3) is 3.94. The fourth-order valence-electron chi connectivity index (χ4n) is 2.44. The van der Waals surface area contributed by atoms with Crippen LogP contribution in [0.5, 0.6) is 5.75 Å². The fourth-order valence-corrected chi connectivity index (χ4v) is 3.36. The van der Waals surface area contributed by atoms with Crippen molar-refractivity contribution in [1.29, 1.82) is 0 Å². The van der Waals surface area contributed by atoms with Gasteiger partial charge in [0.15, 0.2) is 5.82 Å². The van der Waals surface area contributed by atoms with Crippen molar-refractivity contribution in [3.8, 4) is 17.1 Å². The Kier molecular flexibility index (Phi) is 5.29. The van der Waals surface area contributed by atoms with Crippen molar-refractivity contribution in [3.05, 3.63) is 58.6 Å². The van der Waals surface area contributed by atoms with E-state index < -0.39 is 21.7 Å². The molecule has 3 N–H and O–H groups in total. The number of rotatable bonds is 6. The second-order valence-corrected chi connectivity index (χ2v) is 7.41. The molecule has 146 valence electrons. The van der Waals surface area contributed by atoms with Crippen molar-refractivity contribution < 1.29 is 22.5 Å². The maximum atomic E-state index is 12.6. The number of H-pyrrole nitrogens is 1. The predicted molar refractivity (Wildman–Crippen MR) is 99.8 cm³/mol. The Bertz CT molecular complexity index is 1180. The van der Waals surface area contributed by atoms with Gasteiger partial charge in [-0.3, -0.25) is 14.3 Å². The molecule has 0 bridgehead atoms. The second-order valence-electron chi connectivity index (χ2n) is 5.55. The normalized spacial score (nSPS) is 11.2. The highest BCUT2D eigenvalue weighted by molar-refractivity contribution is 7.89. The molecule has 0 spiro atoms. The zero-order valence-electron chi connectivity index (χ0n) is 14.8. The fraction of sp³-hybridized carbons (Fsp3) is 0.118. The van der Waals surface area contributed by atoms with Crippen LogP contribution in [0.1, 0.15) is 10.4 Å². The van der Waals surface area contributed by atoms with Gasteiger partial charge in [0.05, 0.1) is 7.11 Å². The van der Waals surface area contributed by atoms with Gasteiger partial charge in [-0.05, 0) is 37.4 Å². The van der Waals surface area contributed by atoms with E-state index in [0.29, 0.717) is 11.3 Å². The first-order chi connectivity index (χ1) is 13.3. The minimum absolute atomic E-state index is 0.114. The molecule has 10 nitrogen and oxygen atoms in total. The molecule has 0 aliphatic carbocycles. The maximum Gasteiger partial charge on any atom is 0.439 e. The van der Waals surface area contributed by atoms with Gasteiger partial charge >= 0.3 is 5.76 Å². The molecule has 0 aliphatic rings. The summed E-state index contributed by atoms with van der Waals surface area (Å²) < 4.78 is 36.0. The summed E-state index contributed by atoms with van der Waals surface area (Å²) >= 11 is 0. The van der Waals surface area contributed by atoms with Crippen LogP contribution in [-0.4, -0.2) is 38.6 Å². The number of benzene rings is 2. The van der Waals surface area contributed by atoms with Gasteiger partial charge < -0.3 is 10.1 Å². The molecule has 0 radical (unpaired) electrons. The van der Waals surface area contributed by atoms with Crippen LogP contribution in [0, 0.1) is 0 Å². The average Bonchev–Trinajstić information content (AvgIpc) is 3.14. The minimum atomic E-state index is -3.82. The number of aromatic nitrogens is 2. The second kappa shape index (κ2) is 7.66. The number of ether oxygens (including phenoxy) is 1. The van der Waals surface area contributed by atoms with E-state index >= 15 is 0 Å². The first-order valence-electron chi connectivity index (χ1n) is 7.93. The zero-order valence-corrected chi connectivity index (χ0v) is 15.7. The molecule has 2 aromatic carbocycles. The lowest BCUT2D eigenvalue weighted by atomic mass is 10.1. The third-order valence-corrected chi connectivity index (χ3v) is 5.25. The van der Waals surface area contributed by atoms with Crippen LogP contribution in [-0.2, 0) is 10.0 Å². The van der Waals surface area contributed by atoms with E-state index in [2.05, 4.69) is 24.7 Å². The minimum Gasteiger partial charge on any atom is -0.495 e. The number of nitrogens with one attached hydrogen (secondary N) is 3. The number of sulfonamides is 1. The first kappa shape index (κ1) is 19.3. The predicted octanol–water partition coefficient (Wildman–Crippen LogP) is 1.20. The number of hydrogen-bond donors (Lipinski definition) is 3. The summed E-state index contributed by atoms with van der Waals surface area (Å²) in [4.78, 5) is 25.9. The molecule has 1 heterocycles. The van der Waals surface area contributed by atoms with Crippen molar-refractivity contribution in [2.45, 2.75) is 4.90 Å². The van der Waals surface area contributed by atoms with Crippen molar-refractivity contribution >= 4 is 21.6 Å². The quantitative estimate of drug-likeness (QED) is 0.560. The molecule has 0 fully saturated rings. The molecule has 28 heavy (non-hydrogen) atoms. The van der Waals surface area contributed by atoms with Gasteiger partial charge in [-0.15, -0.1) is 0 Å². The Balaban J connectivity index is 1.90. The number of aromatic amines is 1. The molecule has 1 amide bonds. The lowest BCUT2D eigenvalue weighted by Crippen LogP contribution is -2.20. The van der Waals surface area contributed by atoms with Gasteiger partial charge in [-0.2, -0.15) is 0 Å². The van der Waals surface area contributed by atoms with Crippen LogP contribution in [0.3, 0.4) is 0 Å². The number of carbonyl (C=O) groups excluding carboxylic acids is 1. The summed E-state index contributed by atoms with van der Waals surface area (Å²) in [6.07, 6.45) is 0. The van der Waals surface area contributed by atoms with Crippen molar-refractivity contribution in [1.82, 2.24) is 14.9 Å². The summed E-state index contributed by atoms with van der Waals surface area (Å²) in [6, 6.07) is 10.6. The van der Waals surface area contributed by atoms with Gasteiger partial charge in [0, 0.05) is 16.8 Å². The lowest BCUT2D eigenvalue weighted by Gasteiger charge is -2.11. The van der Waals surface area contributed by atoms with Crippen molar-refractivity contribution in [2.24, 2.45) is 0 Å². The molecule has 1 aromatic heterocycles. The SMILES string of the molecule is CNS(=O)(=O)c1cc(C(=O)Nc2cccc(-c3noc(=O)[nH]3)c2)ccc1OC. The summed E-state index contributed by atoms with van der Waals surface area (Å²) in [5, 5.41) is 6.25. The molecule has 0 unspecified atom stereocenters. The first-order valence-corrected chi connectivity index (χ1v) is 9.42. The van der Waals surface area contributed by atoms with Gasteiger partial charge in [-0.25, -0.2) is 17.9 Å². The Morgan fingerprint density at radius 1 is 1.21 bits per heavy atom. The number of hydrogen-bond acceptors (Lipinski definition) is 7. The Morgan fingerprint density at radius 2 is 2.00 bits per heavy atom. The smallest absolute Gasteiger partial charge is 0.439 e. The molecule has 3 rings (SSSR count). The standard InChI is InChI=1S/C17H16N4O6S/c1-18-28(24,25)14-9-11(6-7-13(14)26-2)16(22)19-12-5-3-4-10(8-12)15-20-17(23)27-21-15/h3-9,18H,1-2H3,(H,19,22)(H,20,21,23). The third-order valence-electron chi connectivity index (χ3n) is 3.82. The molecule has 0 saturated heterocycles. The topological polar surface area (TPSA) is 143 Å². The molecule has 0 saturated carbocycles. The van der Waals surface area contributed by atoms with Crippen LogP contribution in [0.4, 0.5) is 5.69 Å². The average molecular weight is 404 g/mol. The molecule has 0 aliphatic heterocycles. The van der Waals surface area contributed by atoms with E-state index in [0.717, 1.165) is 0 Å². The Morgan fingerprint density at radius 3 is 2.64 bits per heavy atom. The van der Waals surface area contributed by atoms with Gasteiger partial charge in [-0.1, -0.05) is 17.3 Å². The zero-order chi connectivity index (χ0) is 20.3. The van der Waals surface area contributed by atoms with Gasteiger partial charge in [0.1, 0.15) is 10.6 Å². The highest BCUT2D eigenvalue weighted by Crippen LogP contribution is 2.25. The molecule has 0 atom stereocenters. The molecule has 11 heteroatoms. The van der Waals surface area contributed by atoms with E-state index in [1.54, 1.807) is 24.3 Å². The maximum absolute atomic E-state index is 12.6. The Hall–Kier alpha value is -3.44. The van der Waals surface area contributed by atoms with Crippen LogP contribution >= 0.6 is 0 Å². The van der Waals surface area contributed by atoms with Crippen molar-refractivity contribution in [3.63, 3.8) is 0 Å². The number of amides is 1. The molecule has 3 aromatic rings. The molecular formula is C17H16N4O6S. The highest BCUT2D eigenvalue weighted by Gasteiger charge is 2.20. The number of methoxy groups -OCH3 is 1. The number of carbonyl (C=O) groups is 1. The monoisotopic (exact) mass is 404 g/mol. The molecular weight excluding hydrogens is 388 g/mol. The van der Waals surface area contributed by atoms with E-state index in [-0.39, 0.29) is 22.0 Å². The van der Waals surface area contributed by atoms with Crippen LogP contribution in [0.2, 0.25) is 0 Å². The summed E-state index contributed by atoms with van der Waals surface area (Å²) in [7, 11) is -1.22. The van der Waals surface area contributed by atoms with Crippen molar-refractivity contribution in [2.75, 3.05) is 19.5 Å². The van der Waals surface area contributed by atoms with Crippen LogP contribution < -0.4 is 20.5 Å². The van der Waals surface area contributed by atoms with Crippen LogP contribution in [0.25, 0.3) is 11.4 Å².